The summed E-state index contributed by atoms with van der Waals surface area (Å²) in [6, 6.07) is 21.3. The number of non-ortho nitro benzene ring substituents is 1. The molecular formula is C21H16ClN3O3Se. The van der Waals surface area contributed by atoms with Gasteiger partial charge in [0.05, 0.1) is 0 Å². The number of rotatable bonds is 7. The Bertz CT molecular complexity index is 1020. The van der Waals surface area contributed by atoms with E-state index in [2.05, 4.69) is 10.3 Å². The number of benzene rings is 3. The van der Waals surface area contributed by atoms with E-state index in [1.165, 1.54) is 12.1 Å². The number of nitro groups is 1. The molecule has 0 radical (unpaired) electrons. The zero-order valence-corrected chi connectivity index (χ0v) is 17.6. The van der Waals surface area contributed by atoms with E-state index < -0.39 is 4.92 Å². The first-order chi connectivity index (χ1) is 14.0. The second-order valence-electron chi connectivity index (χ2n) is 5.95. The minimum absolute atomic E-state index is 0.0249. The van der Waals surface area contributed by atoms with Gasteiger partial charge in [-0.05, 0) is 0 Å². The van der Waals surface area contributed by atoms with Gasteiger partial charge in [-0.2, -0.15) is 0 Å². The van der Waals surface area contributed by atoms with Crippen molar-refractivity contribution >= 4 is 59.0 Å². The van der Waals surface area contributed by atoms with Gasteiger partial charge in [0.1, 0.15) is 0 Å². The first kappa shape index (κ1) is 20.7. The molecular weight excluding hydrogens is 457 g/mol. The molecule has 8 heteroatoms. The van der Waals surface area contributed by atoms with Gasteiger partial charge in [-0.1, -0.05) is 11.6 Å². The SMILES string of the molecule is O=C(CN=Cc1ccc(Cl)cc1)Nc1ccc([Se]c2ccc([N+](=O)[O-])cc2)cc1. The zero-order chi connectivity index (χ0) is 20.6. The molecule has 0 aromatic heterocycles. The average molecular weight is 473 g/mol. The van der Waals surface area contributed by atoms with Crippen molar-refractivity contribution in [1.82, 2.24) is 0 Å². The van der Waals surface area contributed by atoms with Crippen LogP contribution in [0.25, 0.3) is 0 Å². The number of hydrogen-bond acceptors (Lipinski definition) is 4. The summed E-state index contributed by atoms with van der Waals surface area (Å²) in [5, 5.41) is 14.2. The molecule has 3 aromatic carbocycles. The molecule has 6 nitrogen and oxygen atoms in total. The Kier molecular flexibility index (Phi) is 7.14. The molecule has 0 fully saturated rings. The van der Waals surface area contributed by atoms with E-state index in [0.717, 1.165) is 14.5 Å². The standard InChI is InChI=1S/C21H16ClN3O3Se/c22-16-3-1-15(2-4-16)13-23-14-21(26)24-17-5-9-19(10-6-17)29-20-11-7-18(8-12-20)25(27)28/h1-13H,14H2,(H,24,26). The molecule has 0 spiro atoms. The van der Waals surface area contributed by atoms with E-state index >= 15 is 0 Å². The third-order valence-corrected chi connectivity index (χ3v) is 6.15. The van der Waals surface area contributed by atoms with Gasteiger partial charge >= 0.3 is 162 Å². The van der Waals surface area contributed by atoms with Crippen LogP contribution in [-0.2, 0) is 4.79 Å². The van der Waals surface area contributed by atoms with Crippen molar-refractivity contribution in [3.63, 3.8) is 0 Å². The Morgan fingerprint density at radius 2 is 1.59 bits per heavy atom. The number of nitrogens with one attached hydrogen (secondary N) is 1. The van der Waals surface area contributed by atoms with Crippen LogP contribution in [-0.4, -0.2) is 38.5 Å². The van der Waals surface area contributed by atoms with Gasteiger partial charge in [-0.15, -0.1) is 0 Å². The van der Waals surface area contributed by atoms with Crippen LogP contribution in [0.15, 0.2) is 77.8 Å². The summed E-state index contributed by atoms with van der Waals surface area (Å²) in [6.45, 7) is 0.0249. The van der Waals surface area contributed by atoms with Crippen molar-refractivity contribution in [3.8, 4) is 0 Å². The van der Waals surface area contributed by atoms with Crippen LogP contribution in [0.1, 0.15) is 5.56 Å². The summed E-state index contributed by atoms with van der Waals surface area (Å²) >= 11 is 5.86. The zero-order valence-electron chi connectivity index (χ0n) is 15.1. The second kappa shape index (κ2) is 9.98. The Balaban J connectivity index is 1.51. The summed E-state index contributed by atoms with van der Waals surface area (Å²) in [5.41, 5.74) is 1.65. The molecule has 0 atom stereocenters. The number of aliphatic imine (C=N–C) groups is 1. The van der Waals surface area contributed by atoms with Crippen molar-refractivity contribution < 1.29 is 9.72 Å². The van der Waals surface area contributed by atoms with Crippen LogP contribution in [0.4, 0.5) is 11.4 Å². The fourth-order valence-corrected chi connectivity index (χ4v) is 4.20. The third kappa shape index (κ3) is 6.54. The topological polar surface area (TPSA) is 84.6 Å². The molecule has 0 aliphatic carbocycles. The van der Waals surface area contributed by atoms with E-state index in [4.69, 9.17) is 11.6 Å². The molecule has 0 unspecified atom stereocenters. The molecule has 1 amide bonds. The molecule has 0 saturated heterocycles. The first-order valence-corrected chi connectivity index (χ1v) is 10.7. The van der Waals surface area contributed by atoms with E-state index in [1.807, 2.05) is 36.4 Å². The van der Waals surface area contributed by atoms with Gasteiger partial charge in [0.15, 0.2) is 0 Å². The molecule has 0 aliphatic rings. The Morgan fingerprint density at radius 3 is 2.17 bits per heavy atom. The van der Waals surface area contributed by atoms with Gasteiger partial charge in [0.25, 0.3) is 0 Å². The number of nitro benzene ring substituents is 1. The molecule has 3 aromatic rings. The van der Waals surface area contributed by atoms with Gasteiger partial charge < -0.3 is 0 Å². The first-order valence-electron chi connectivity index (χ1n) is 8.57. The summed E-state index contributed by atoms with van der Waals surface area (Å²) in [6.07, 6.45) is 1.63. The Hall–Kier alpha value is -2.99. The summed E-state index contributed by atoms with van der Waals surface area (Å²) < 4.78 is 2.14. The maximum atomic E-state index is 12.0. The molecule has 1 N–H and O–H groups in total. The van der Waals surface area contributed by atoms with Crippen LogP contribution in [0.2, 0.25) is 5.02 Å². The fourth-order valence-electron chi connectivity index (χ4n) is 2.36. The second-order valence-corrected chi connectivity index (χ2v) is 8.79. The number of carbonyl (C=O) groups excluding carboxylic acids is 1. The molecule has 29 heavy (non-hydrogen) atoms. The fraction of sp³-hybridized carbons (Fsp3) is 0.0476. The summed E-state index contributed by atoms with van der Waals surface area (Å²) in [4.78, 5) is 26.5. The predicted molar refractivity (Wildman–Crippen MR) is 117 cm³/mol. The third-order valence-electron chi connectivity index (χ3n) is 3.77. The molecule has 0 aliphatic heterocycles. The monoisotopic (exact) mass is 473 g/mol. The molecule has 0 saturated carbocycles. The van der Waals surface area contributed by atoms with Gasteiger partial charge in [0.2, 0.25) is 0 Å². The quantitative estimate of drug-likeness (QED) is 0.248. The van der Waals surface area contributed by atoms with Crippen LogP contribution in [0.3, 0.4) is 0 Å². The minimum atomic E-state index is -0.409. The van der Waals surface area contributed by atoms with E-state index in [0.29, 0.717) is 10.7 Å². The molecule has 0 bridgehead atoms. The maximum absolute atomic E-state index is 12.0. The number of nitrogens with zero attached hydrogens (tertiary/aromatic N) is 2. The van der Waals surface area contributed by atoms with Crippen molar-refractivity contribution in [2.45, 2.75) is 0 Å². The van der Waals surface area contributed by atoms with Gasteiger partial charge in [0, 0.05) is 5.02 Å². The molecule has 3 rings (SSSR count). The number of anilines is 1. The number of halogens is 1. The van der Waals surface area contributed by atoms with Gasteiger partial charge in [-0.25, -0.2) is 0 Å². The summed E-state index contributed by atoms with van der Waals surface area (Å²) in [7, 11) is 0. The Morgan fingerprint density at radius 1 is 1.00 bits per heavy atom. The van der Waals surface area contributed by atoms with E-state index in [9.17, 15) is 14.9 Å². The number of amides is 1. The number of hydrogen-bond donors (Lipinski definition) is 1. The van der Waals surface area contributed by atoms with Crippen molar-refractivity contribution in [2.75, 3.05) is 11.9 Å². The van der Waals surface area contributed by atoms with Gasteiger partial charge in [-0.3, -0.25) is 0 Å². The van der Waals surface area contributed by atoms with Crippen LogP contribution >= 0.6 is 11.6 Å². The van der Waals surface area contributed by atoms with E-state index in [1.54, 1.807) is 30.5 Å². The number of carbonyl (C=O) groups is 1. The van der Waals surface area contributed by atoms with Crippen molar-refractivity contribution in [3.05, 3.63) is 93.5 Å². The van der Waals surface area contributed by atoms with Crippen molar-refractivity contribution in [1.29, 1.82) is 0 Å². The Labute approximate surface area is 178 Å². The average Bonchev–Trinajstić information content (AvgIpc) is 2.71. The molecule has 0 heterocycles. The van der Waals surface area contributed by atoms with E-state index in [-0.39, 0.29) is 33.1 Å². The van der Waals surface area contributed by atoms with Crippen LogP contribution < -0.4 is 14.2 Å². The van der Waals surface area contributed by atoms with Crippen LogP contribution in [0.5, 0.6) is 0 Å². The molecule has 146 valence electrons. The predicted octanol–water partition coefficient (Wildman–Crippen LogP) is 2.96. The van der Waals surface area contributed by atoms with Crippen molar-refractivity contribution in [2.24, 2.45) is 4.99 Å². The summed E-state index contributed by atoms with van der Waals surface area (Å²) in [5.74, 6) is -0.205. The normalized spacial score (nSPS) is 10.8. The van der Waals surface area contributed by atoms with Crippen LogP contribution in [0, 0.1) is 10.1 Å².